The summed E-state index contributed by atoms with van der Waals surface area (Å²) in [6.45, 7) is 2.85. The Morgan fingerprint density at radius 1 is 1.00 bits per heavy atom. The third kappa shape index (κ3) is 8.81. The number of hydrogen-bond donors (Lipinski definition) is 2. The quantitative estimate of drug-likeness (QED) is 0.404. The third-order valence-electron chi connectivity index (χ3n) is 4.15. The average molecular weight is 309 g/mol. The van der Waals surface area contributed by atoms with Crippen molar-refractivity contribution in [2.24, 2.45) is 0 Å². The molecule has 0 aliphatic heterocycles. The summed E-state index contributed by atoms with van der Waals surface area (Å²) in [5, 5.41) is 18.2. The molecule has 0 heterocycles. The summed E-state index contributed by atoms with van der Waals surface area (Å²) < 4.78 is -1.19. The molecule has 21 heavy (non-hydrogen) atoms. The Labute approximate surface area is 145 Å². The Morgan fingerprint density at radius 3 is 1.90 bits per heavy atom. The van der Waals surface area contributed by atoms with Gasteiger partial charge in [0, 0.05) is 0 Å². The first kappa shape index (κ1) is 20.9. The van der Waals surface area contributed by atoms with Crippen LogP contribution < -0.4 is 0 Å². The topological polar surface area (TPSA) is 77.8 Å². The monoisotopic (exact) mass is 309 g/mol. The van der Waals surface area contributed by atoms with E-state index in [2.05, 4.69) is 6.92 Å². The molecule has 5 nitrogen and oxygen atoms in total. The number of carbonyl (C=O) groups is 2. The first-order chi connectivity index (χ1) is 9.84. The number of carboxylic acids is 2. The molecule has 0 saturated carbocycles. The Morgan fingerprint density at radius 2 is 1.48 bits per heavy atom. The van der Waals surface area contributed by atoms with Crippen molar-refractivity contribution >= 4 is 39.9 Å². The SMILES string of the molecule is CCCCCCCCCCN(C)[C@@]([Na])(CC(=O)O)C(=O)O. The van der Waals surface area contributed by atoms with Crippen molar-refractivity contribution in [1.82, 2.24) is 4.90 Å². The van der Waals surface area contributed by atoms with E-state index in [-0.39, 0.29) is 6.42 Å². The number of likely N-dealkylation sites (N-methyl/N-ethyl adjacent to an activating group) is 1. The fourth-order valence-corrected chi connectivity index (χ4v) is 2.92. The second-order valence-corrected chi connectivity index (χ2v) is 7.70. The van der Waals surface area contributed by atoms with Gasteiger partial charge in [-0.05, 0) is 0 Å². The molecule has 6 heteroatoms. The van der Waals surface area contributed by atoms with E-state index in [1.54, 1.807) is 11.9 Å². The molecule has 0 aromatic carbocycles. The van der Waals surface area contributed by atoms with Gasteiger partial charge in [-0.1, -0.05) is 0 Å². The van der Waals surface area contributed by atoms with Gasteiger partial charge >= 0.3 is 146 Å². The van der Waals surface area contributed by atoms with E-state index in [9.17, 15) is 14.7 Å². The number of carboxylic acid groups (broad SMARTS) is 2. The van der Waals surface area contributed by atoms with Gasteiger partial charge in [-0.2, -0.15) is 0 Å². The minimum absolute atomic E-state index is 0.301. The fraction of sp³-hybridized carbons (Fsp3) is 0.867. The van der Waals surface area contributed by atoms with Crippen molar-refractivity contribution in [3.63, 3.8) is 0 Å². The van der Waals surface area contributed by atoms with E-state index in [1.807, 2.05) is 0 Å². The summed E-state index contributed by atoms with van der Waals surface area (Å²) in [7, 11) is 1.73. The van der Waals surface area contributed by atoms with Crippen molar-refractivity contribution in [2.75, 3.05) is 13.6 Å². The maximum absolute atomic E-state index is 11.4. The summed E-state index contributed by atoms with van der Waals surface area (Å²) in [5.41, 5.74) is 0. The molecule has 2 N–H and O–H groups in total. The van der Waals surface area contributed by atoms with Crippen molar-refractivity contribution < 1.29 is 19.8 Å². The van der Waals surface area contributed by atoms with E-state index < -0.39 is 14.7 Å². The van der Waals surface area contributed by atoms with Crippen molar-refractivity contribution in [2.45, 2.75) is 67.5 Å². The van der Waals surface area contributed by atoms with Crippen LogP contribution in [0.2, 0.25) is 0 Å². The van der Waals surface area contributed by atoms with Gasteiger partial charge in [-0.15, -0.1) is 0 Å². The molecule has 0 spiro atoms. The van der Waals surface area contributed by atoms with Crippen LogP contribution in [0, 0.1) is 0 Å². The average Bonchev–Trinajstić information content (AvgIpc) is 2.40. The summed E-state index contributed by atoms with van der Waals surface area (Å²) >= 11 is 0.301. The fourth-order valence-electron chi connectivity index (χ4n) is 2.40. The summed E-state index contributed by atoms with van der Waals surface area (Å²) in [6.07, 6.45) is 9.26. The summed E-state index contributed by atoms with van der Waals surface area (Å²) in [6, 6.07) is 0. The van der Waals surface area contributed by atoms with Gasteiger partial charge in [0.2, 0.25) is 0 Å². The third-order valence-corrected chi connectivity index (χ3v) is 5.69. The van der Waals surface area contributed by atoms with Crippen LogP contribution in [0.25, 0.3) is 0 Å². The molecule has 118 valence electrons. The summed E-state index contributed by atoms with van der Waals surface area (Å²) in [4.78, 5) is 23.9. The van der Waals surface area contributed by atoms with Crippen LogP contribution >= 0.6 is 0 Å². The molecule has 1 atom stereocenters. The first-order valence-electron chi connectivity index (χ1n) is 8.01. The Kier molecular flexibility index (Phi) is 11.4. The van der Waals surface area contributed by atoms with E-state index >= 15 is 0 Å². The van der Waals surface area contributed by atoms with Crippen LogP contribution in [-0.4, -0.2) is 71.4 Å². The van der Waals surface area contributed by atoms with E-state index in [1.165, 1.54) is 38.5 Å². The van der Waals surface area contributed by atoms with Crippen LogP contribution in [0.4, 0.5) is 0 Å². The van der Waals surface area contributed by atoms with Gasteiger partial charge in [0.1, 0.15) is 0 Å². The summed E-state index contributed by atoms with van der Waals surface area (Å²) in [5.74, 6) is -2.06. The zero-order valence-corrected chi connectivity index (χ0v) is 15.7. The Hall–Kier alpha value is -0.100. The standard InChI is InChI=1S/C15H28NO4.Na/c1-3-4-5-6-7-8-9-10-11-16(2)13(15(19)20)12-14(17)18;/h3-12H2,1-2H3,(H,17,18)(H,19,20);. The molecule has 0 aromatic heterocycles. The molecule has 0 saturated heterocycles. The zero-order valence-electron chi connectivity index (χ0n) is 13.7. The predicted octanol–water partition coefficient (Wildman–Crippen LogP) is 2.48. The minimum atomic E-state index is -1.19. The van der Waals surface area contributed by atoms with Crippen LogP contribution in [0.5, 0.6) is 0 Å². The molecule has 0 fully saturated rings. The molecule has 0 rings (SSSR count). The van der Waals surface area contributed by atoms with Crippen molar-refractivity contribution in [1.29, 1.82) is 0 Å². The van der Waals surface area contributed by atoms with Gasteiger partial charge in [0.05, 0.1) is 0 Å². The van der Waals surface area contributed by atoms with E-state index in [0.29, 0.717) is 34.5 Å². The molecule has 0 bridgehead atoms. The van der Waals surface area contributed by atoms with Crippen molar-refractivity contribution in [3.8, 4) is 0 Å². The zero-order chi connectivity index (χ0) is 16.3. The number of nitrogens with zero attached hydrogens (tertiary/aromatic N) is 1. The molecule has 0 aromatic rings. The molecule has 0 aliphatic carbocycles. The second-order valence-electron chi connectivity index (χ2n) is 6.05. The first-order valence-corrected chi connectivity index (χ1v) is 9.01. The van der Waals surface area contributed by atoms with Gasteiger partial charge < -0.3 is 0 Å². The molecule has 0 amide bonds. The van der Waals surface area contributed by atoms with Gasteiger partial charge in [-0.3, -0.25) is 0 Å². The van der Waals surface area contributed by atoms with E-state index in [4.69, 9.17) is 5.11 Å². The van der Waals surface area contributed by atoms with Gasteiger partial charge in [-0.25, -0.2) is 0 Å². The molecule has 0 unspecified atom stereocenters. The number of rotatable bonds is 13. The van der Waals surface area contributed by atoms with Crippen LogP contribution in [0.1, 0.15) is 64.7 Å². The molecule has 0 radical (unpaired) electrons. The van der Waals surface area contributed by atoms with Crippen molar-refractivity contribution in [3.05, 3.63) is 0 Å². The van der Waals surface area contributed by atoms with Gasteiger partial charge in [0.15, 0.2) is 0 Å². The van der Waals surface area contributed by atoms with Gasteiger partial charge in [0.25, 0.3) is 0 Å². The second kappa shape index (κ2) is 11.5. The Balaban J connectivity index is 3.97. The van der Waals surface area contributed by atoms with Crippen LogP contribution in [-0.2, 0) is 9.59 Å². The normalized spacial score (nSPS) is 14.1. The van der Waals surface area contributed by atoms with E-state index in [0.717, 1.165) is 12.8 Å². The number of aliphatic carboxylic acids is 2. The molecular formula is C15H28NNaO4. The van der Waals surface area contributed by atoms with Crippen LogP contribution in [0.3, 0.4) is 0 Å². The number of hydrogen-bond acceptors (Lipinski definition) is 3. The van der Waals surface area contributed by atoms with Crippen LogP contribution in [0.15, 0.2) is 0 Å². The molecule has 0 aliphatic rings. The predicted molar refractivity (Wildman–Crippen MR) is 83.6 cm³/mol. The molecular weight excluding hydrogens is 281 g/mol. The number of unbranched alkanes of at least 4 members (excludes halogenated alkanes) is 7. The maximum atomic E-state index is 11.4. The Bertz CT molecular complexity index is 325.